The van der Waals surface area contributed by atoms with Crippen LogP contribution < -0.4 is 16.4 Å². The van der Waals surface area contributed by atoms with Crippen LogP contribution in [0.5, 0.6) is 0 Å². The van der Waals surface area contributed by atoms with Gasteiger partial charge in [0.25, 0.3) is 17.4 Å². The van der Waals surface area contributed by atoms with Crippen molar-refractivity contribution >= 4 is 22.6 Å². The third-order valence-corrected chi connectivity index (χ3v) is 4.87. The summed E-state index contributed by atoms with van der Waals surface area (Å²) in [5, 5.41) is 5.14. The summed E-state index contributed by atoms with van der Waals surface area (Å²) in [6, 6.07) is 13.7. The quantitative estimate of drug-likeness (QED) is 0.429. The maximum absolute atomic E-state index is 12.8. The molecule has 0 aliphatic carbocycles. The molecule has 3 aromatic rings. The van der Waals surface area contributed by atoms with Gasteiger partial charge in [0.05, 0.1) is 12.0 Å². The molecule has 31 heavy (non-hydrogen) atoms. The third kappa shape index (κ3) is 5.35. The SMILES string of the molecule is CCCCCn1nc(C(=O)NNC(=O)c2ccc(COC)cc2)c2ccccc2c1=O. The first-order valence-electron chi connectivity index (χ1n) is 10.2. The largest absolute Gasteiger partial charge is 0.380 e. The van der Waals surface area contributed by atoms with Crippen molar-refractivity contribution in [2.75, 3.05) is 7.11 Å². The number of hydrogen-bond donors (Lipinski definition) is 2. The summed E-state index contributed by atoms with van der Waals surface area (Å²) in [6.45, 7) is 2.95. The van der Waals surface area contributed by atoms with Gasteiger partial charge >= 0.3 is 0 Å². The van der Waals surface area contributed by atoms with Gasteiger partial charge in [-0.1, -0.05) is 50.1 Å². The molecule has 0 saturated heterocycles. The van der Waals surface area contributed by atoms with Crippen molar-refractivity contribution in [1.29, 1.82) is 0 Å². The first-order valence-corrected chi connectivity index (χ1v) is 10.2. The number of amides is 2. The van der Waals surface area contributed by atoms with Crippen LogP contribution in [-0.4, -0.2) is 28.7 Å². The number of nitrogens with one attached hydrogen (secondary N) is 2. The van der Waals surface area contributed by atoms with Gasteiger partial charge in [0.1, 0.15) is 0 Å². The summed E-state index contributed by atoms with van der Waals surface area (Å²) in [6.07, 6.45) is 2.76. The zero-order valence-electron chi connectivity index (χ0n) is 17.7. The molecule has 1 heterocycles. The molecule has 0 aliphatic rings. The maximum Gasteiger partial charge on any atom is 0.290 e. The van der Waals surface area contributed by atoms with Gasteiger partial charge in [0.15, 0.2) is 5.69 Å². The number of carbonyl (C=O) groups excluding carboxylic acids is 2. The lowest BCUT2D eigenvalue weighted by atomic mass is 10.1. The van der Waals surface area contributed by atoms with Crippen molar-refractivity contribution in [3.05, 3.63) is 75.7 Å². The van der Waals surface area contributed by atoms with E-state index >= 15 is 0 Å². The predicted molar refractivity (Wildman–Crippen MR) is 118 cm³/mol. The van der Waals surface area contributed by atoms with Crippen molar-refractivity contribution in [1.82, 2.24) is 20.6 Å². The van der Waals surface area contributed by atoms with Crippen LogP contribution in [-0.2, 0) is 17.9 Å². The highest BCUT2D eigenvalue weighted by Gasteiger charge is 2.17. The summed E-state index contributed by atoms with van der Waals surface area (Å²) < 4.78 is 6.37. The van der Waals surface area contributed by atoms with Crippen molar-refractivity contribution < 1.29 is 14.3 Å². The Balaban J connectivity index is 1.78. The van der Waals surface area contributed by atoms with Crippen LogP contribution in [0.2, 0.25) is 0 Å². The minimum Gasteiger partial charge on any atom is -0.380 e. The first-order chi connectivity index (χ1) is 15.0. The number of hydrazine groups is 1. The number of carbonyl (C=O) groups is 2. The molecule has 2 aromatic carbocycles. The van der Waals surface area contributed by atoms with E-state index in [9.17, 15) is 14.4 Å². The van der Waals surface area contributed by atoms with E-state index in [4.69, 9.17) is 4.74 Å². The standard InChI is InChI=1S/C23H26N4O4/c1-3-4-7-14-27-23(30)19-9-6-5-8-18(19)20(26-27)22(29)25-24-21(28)17-12-10-16(11-13-17)15-31-2/h5-6,8-13H,3-4,7,14-15H2,1-2H3,(H,24,28)(H,25,29). The highest BCUT2D eigenvalue weighted by atomic mass is 16.5. The topological polar surface area (TPSA) is 102 Å². The Hall–Kier alpha value is -3.52. The van der Waals surface area contributed by atoms with Crippen LogP contribution in [0.4, 0.5) is 0 Å². The summed E-state index contributed by atoms with van der Waals surface area (Å²) >= 11 is 0. The molecule has 0 saturated carbocycles. The van der Waals surface area contributed by atoms with E-state index in [1.807, 2.05) is 0 Å². The van der Waals surface area contributed by atoms with Crippen LogP contribution in [0, 0.1) is 0 Å². The maximum atomic E-state index is 12.8. The molecule has 8 nitrogen and oxygen atoms in total. The number of methoxy groups -OCH3 is 1. The Morgan fingerprint density at radius 3 is 2.32 bits per heavy atom. The molecule has 2 N–H and O–H groups in total. The molecule has 0 fully saturated rings. The molecule has 0 unspecified atom stereocenters. The normalized spacial score (nSPS) is 10.8. The summed E-state index contributed by atoms with van der Waals surface area (Å²) in [7, 11) is 1.60. The Bertz CT molecular complexity index is 1120. The fraction of sp³-hybridized carbons (Fsp3) is 0.304. The van der Waals surface area contributed by atoms with E-state index in [1.165, 1.54) is 4.68 Å². The van der Waals surface area contributed by atoms with E-state index in [1.54, 1.807) is 55.6 Å². The van der Waals surface area contributed by atoms with Crippen molar-refractivity contribution in [3.8, 4) is 0 Å². The van der Waals surface area contributed by atoms with Gasteiger partial charge in [0, 0.05) is 24.6 Å². The average Bonchev–Trinajstić information content (AvgIpc) is 2.79. The second-order valence-corrected chi connectivity index (χ2v) is 7.17. The second-order valence-electron chi connectivity index (χ2n) is 7.17. The fourth-order valence-electron chi connectivity index (χ4n) is 3.23. The molecule has 3 rings (SSSR count). The van der Waals surface area contributed by atoms with Crippen LogP contribution in [0.1, 0.15) is 52.6 Å². The lowest BCUT2D eigenvalue weighted by molar-refractivity contribution is 0.0843. The minimum atomic E-state index is -0.593. The number of nitrogens with zero attached hydrogens (tertiary/aromatic N) is 2. The Kier molecular flexibility index (Phi) is 7.50. The van der Waals surface area contributed by atoms with Crippen molar-refractivity contribution in [3.63, 3.8) is 0 Å². The number of aromatic nitrogens is 2. The Morgan fingerprint density at radius 2 is 1.65 bits per heavy atom. The van der Waals surface area contributed by atoms with Gasteiger partial charge in [-0.2, -0.15) is 5.10 Å². The minimum absolute atomic E-state index is 0.0856. The highest BCUT2D eigenvalue weighted by molar-refractivity contribution is 6.06. The fourth-order valence-corrected chi connectivity index (χ4v) is 3.23. The predicted octanol–water partition coefficient (Wildman–Crippen LogP) is 2.81. The number of fused-ring (bicyclic) bond motifs is 1. The van der Waals surface area contributed by atoms with Crippen molar-refractivity contribution in [2.45, 2.75) is 39.3 Å². The molecule has 162 valence electrons. The van der Waals surface area contributed by atoms with E-state index in [-0.39, 0.29) is 11.3 Å². The summed E-state index contributed by atoms with van der Waals surface area (Å²) in [4.78, 5) is 37.9. The zero-order chi connectivity index (χ0) is 22.2. The molecular weight excluding hydrogens is 396 g/mol. The molecule has 8 heteroatoms. The van der Waals surface area contributed by atoms with E-state index in [2.05, 4.69) is 22.9 Å². The second kappa shape index (κ2) is 10.5. The molecule has 1 aromatic heterocycles. The lowest BCUT2D eigenvalue weighted by Gasteiger charge is -2.12. The van der Waals surface area contributed by atoms with Gasteiger partial charge in [-0.25, -0.2) is 4.68 Å². The van der Waals surface area contributed by atoms with Gasteiger partial charge < -0.3 is 4.74 Å². The monoisotopic (exact) mass is 422 g/mol. The molecule has 2 amide bonds. The highest BCUT2D eigenvalue weighted by Crippen LogP contribution is 2.13. The molecule has 0 aliphatic heterocycles. The van der Waals surface area contributed by atoms with Gasteiger partial charge in [0.2, 0.25) is 0 Å². The molecule has 0 spiro atoms. The van der Waals surface area contributed by atoms with Gasteiger partial charge in [-0.05, 0) is 30.2 Å². The van der Waals surface area contributed by atoms with E-state index < -0.39 is 11.8 Å². The van der Waals surface area contributed by atoms with Crippen LogP contribution in [0.25, 0.3) is 10.8 Å². The van der Waals surface area contributed by atoms with E-state index in [0.29, 0.717) is 29.5 Å². The smallest absolute Gasteiger partial charge is 0.290 e. The number of rotatable bonds is 8. The third-order valence-electron chi connectivity index (χ3n) is 4.87. The molecule has 0 bridgehead atoms. The number of benzene rings is 2. The van der Waals surface area contributed by atoms with Crippen LogP contribution >= 0.6 is 0 Å². The number of aryl methyl sites for hydroxylation is 1. The number of unbranched alkanes of at least 4 members (excludes halogenated alkanes) is 2. The molecule has 0 radical (unpaired) electrons. The number of hydrogen-bond acceptors (Lipinski definition) is 5. The molecular formula is C23H26N4O4. The van der Waals surface area contributed by atoms with Crippen LogP contribution in [0.15, 0.2) is 53.3 Å². The van der Waals surface area contributed by atoms with E-state index in [0.717, 1.165) is 24.8 Å². The lowest BCUT2D eigenvalue weighted by Crippen LogP contribution is -2.42. The van der Waals surface area contributed by atoms with Crippen molar-refractivity contribution in [2.24, 2.45) is 0 Å². The Labute approximate surface area is 180 Å². The average molecular weight is 422 g/mol. The van der Waals surface area contributed by atoms with Crippen LogP contribution in [0.3, 0.4) is 0 Å². The molecule has 0 atom stereocenters. The van der Waals surface area contributed by atoms with Gasteiger partial charge in [-0.15, -0.1) is 0 Å². The Morgan fingerprint density at radius 1 is 0.968 bits per heavy atom. The summed E-state index contributed by atoms with van der Waals surface area (Å²) in [5.74, 6) is -1.05. The van der Waals surface area contributed by atoms with Gasteiger partial charge in [-0.3, -0.25) is 25.2 Å². The first kappa shape index (κ1) is 22.2. The zero-order valence-corrected chi connectivity index (χ0v) is 17.7. The number of ether oxygens (including phenoxy) is 1. The summed E-state index contributed by atoms with van der Waals surface area (Å²) in [5.41, 5.74) is 5.98.